The summed E-state index contributed by atoms with van der Waals surface area (Å²) in [5.41, 5.74) is 3.72. The average molecular weight is 482 g/mol. The maximum atomic E-state index is 11.9. The molecule has 0 aliphatic heterocycles. The molecule has 178 valence electrons. The molecule has 0 N–H and O–H groups in total. The zero-order valence-electron chi connectivity index (χ0n) is 19.8. The van der Waals surface area contributed by atoms with E-state index in [1.807, 2.05) is 51.2 Å². The number of fused-ring (bicyclic) bond motifs is 1. The van der Waals surface area contributed by atoms with Crippen LogP contribution >= 0.6 is 11.6 Å². The maximum absolute atomic E-state index is 11.9. The van der Waals surface area contributed by atoms with Gasteiger partial charge in [0.05, 0.1) is 23.3 Å². The molecule has 0 saturated carbocycles. The van der Waals surface area contributed by atoms with Gasteiger partial charge in [-0.25, -0.2) is 0 Å². The Morgan fingerprint density at radius 1 is 1.18 bits per heavy atom. The van der Waals surface area contributed by atoms with E-state index in [-0.39, 0.29) is 12.1 Å². The standard InChI is InChI=1S/C26H28ClN3O4/c1-5-30-14-13-19-20(10-7-17(24(19)30)9-12-23(31)32-6-2)25-28-26(34-29-25)18-8-11-22(21(27)15-18)33-16(3)4/h7-8,10-11,13-16H,5-6,9,12H2,1-4H3. The van der Waals surface area contributed by atoms with Crippen LogP contribution in [0.25, 0.3) is 33.7 Å². The summed E-state index contributed by atoms with van der Waals surface area (Å²) in [6.45, 7) is 8.99. The molecule has 0 unspecified atom stereocenters. The van der Waals surface area contributed by atoms with Crippen molar-refractivity contribution in [2.24, 2.45) is 0 Å². The van der Waals surface area contributed by atoms with Crippen LogP contribution in [0.2, 0.25) is 5.02 Å². The molecular formula is C26H28ClN3O4. The number of carbonyl (C=O) groups is 1. The first-order valence-electron chi connectivity index (χ1n) is 11.5. The molecule has 4 aromatic rings. The lowest BCUT2D eigenvalue weighted by Crippen LogP contribution is -2.06. The van der Waals surface area contributed by atoms with E-state index in [4.69, 9.17) is 25.6 Å². The summed E-state index contributed by atoms with van der Waals surface area (Å²) in [6.07, 6.45) is 2.99. The zero-order chi connectivity index (χ0) is 24.2. The van der Waals surface area contributed by atoms with Crippen molar-refractivity contribution in [3.05, 3.63) is 53.2 Å². The molecule has 0 aliphatic rings. The molecule has 2 aromatic carbocycles. The first-order chi connectivity index (χ1) is 16.4. The van der Waals surface area contributed by atoms with E-state index in [2.05, 4.69) is 21.6 Å². The fourth-order valence-corrected chi connectivity index (χ4v) is 4.19. The van der Waals surface area contributed by atoms with Crippen LogP contribution in [0.4, 0.5) is 0 Å². The van der Waals surface area contributed by atoms with Gasteiger partial charge in [-0.2, -0.15) is 4.98 Å². The molecule has 7 nitrogen and oxygen atoms in total. The number of hydrogen-bond acceptors (Lipinski definition) is 6. The predicted octanol–water partition coefficient (Wildman–Crippen LogP) is 6.31. The van der Waals surface area contributed by atoms with Crippen LogP contribution < -0.4 is 4.74 Å². The summed E-state index contributed by atoms with van der Waals surface area (Å²) in [4.78, 5) is 16.5. The smallest absolute Gasteiger partial charge is 0.306 e. The van der Waals surface area contributed by atoms with E-state index >= 15 is 0 Å². The highest BCUT2D eigenvalue weighted by molar-refractivity contribution is 6.32. The van der Waals surface area contributed by atoms with E-state index < -0.39 is 0 Å². The first-order valence-corrected chi connectivity index (χ1v) is 11.9. The number of carbonyl (C=O) groups excluding carboxylic acids is 1. The number of ether oxygens (including phenoxy) is 2. The van der Waals surface area contributed by atoms with Crippen LogP contribution in [-0.2, 0) is 22.5 Å². The van der Waals surface area contributed by atoms with Gasteiger partial charge in [-0.1, -0.05) is 28.9 Å². The van der Waals surface area contributed by atoms with Gasteiger partial charge in [0, 0.05) is 35.7 Å². The molecule has 4 rings (SSSR count). The van der Waals surface area contributed by atoms with Crippen LogP contribution in [0.5, 0.6) is 5.75 Å². The van der Waals surface area contributed by atoms with Gasteiger partial charge in [0.15, 0.2) is 0 Å². The lowest BCUT2D eigenvalue weighted by molar-refractivity contribution is -0.143. The SMILES string of the molecule is CCOC(=O)CCc1ccc(-c2noc(-c3ccc(OC(C)C)c(Cl)c3)n2)c2ccn(CC)c12. The highest BCUT2D eigenvalue weighted by atomic mass is 35.5. The van der Waals surface area contributed by atoms with Gasteiger partial charge in [0.1, 0.15) is 5.75 Å². The maximum Gasteiger partial charge on any atom is 0.306 e. The average Bonchev–Trinajstić information content (AvgIpc) is 3.46. The Labute approximate surface area is 203 Å². The molecule has 0 atom stereocenters. The molecule has 0 aliphatic carbocycles. The van der Waals surface area contributed by atoms with Gasteiger partial charge in [-0.15, -0.1) is 0 Å². The largest absolute Gasteiger partial charge is 0.489 e. The molecule has 34 heavy (non-hydrogen) atoms. The van der Waals surface area contributed by atoms with Crippen LogP contribution in [0, 0.1) is 0 Å². The van der Waals surface area contributed by atoms with E-state index in [0.29, 0.717) is 47.5 Å². The van der Waals surface area contributed by atoms with Crippen molar-refractivity contribution in [1.29, 1.82) is 0 Å². The number of benzene rings is 2. The minimum Gasteiger partial charge on any atom is -0.489 e. The Bertz CT molecular complexity index is 1310. The number of nitrogens with zero attached hydrogens (tertiary/aromatic N) is 3. The summed E-state index contributed by atoms with van der Waals surface area (Å²) in [6, 6.07) is 11.5. The molecule has 0 fully saturated rings. The van der Waals surface area contributed by atoms with E-state index in [9.17, 15) is 4.79 Å². The predicted molar refractivity (Wildman–Crippen MR) is 132 cm³/mol. The lowest BCUT2D eigenvalue weighted by Gasteiger charge is -2.11. The van der Waals surface area contributed by atoms with Gasteiger partial charge in [0.25, 0.3) is 5.89 Å². The molecule has 8 heteroatoms. The minimum absolute atomic E-state index is 0.0245. The minimum atomic E-state index is -0.194. The molecule has 2 aromatic heterocycles. The fourth-order valence-electron chi connectivity index (χ4n) is 3.96. The third-order valence-electron chi connectivity index (χ3n) is 5.46. The normalized spacial score (nSPS) is 11.4. The van der Waals surface area contributed by atoms with E-state index in [1.165, 1.54) is 0 Å². The van der Waals surface area contributed by atoms with Crippen molar-refractivity contribution in [2.45, 2.75) is 53.2 Å². The summed E-state index contributed by atoms with van der Waals surface area (Å²) in [5.74, 6) is 1.29. The quantitative estimate of drug-likeness (QED) is 0.260. The second-order valence-electron chi connectivity index (χ2n) is 8.18. The summed E-state index contributed by atoms with van der Waals surface area (Å²) in [7, 11) is 0. The van der Waals surface area contributed by atoms with Crippen molar-refractivity contribution >= 4 is 28.5 Å². The highest BCUT2D eigenvalue weighted by Gasteiger charge is 2.18. The van der Waals surface area contributed by atoms with Crippen LogP contribution in [0.3, 0.4) is 0 Å². The lowest BCUT2D eigenvalue weighted by atomic mass is 10.0. The molecule has 0 bridgehead atoms. The highest BCUT2D eigenvalue weighted by Crippen LogP contribution is 2.34. The Kier molecular flexibility index (Phi) is 7.22. The van der Waals surface area contributed by atoms with Crippen molar-refractivity contribution in [2.75, 3.05) is 6.61 Å². The number of esters is 1. The van der Waals surface area contributed by atoms with Crippen molar-refractivity contribution in [3.63, 3.8) is 0 Å². The molecule has 0 saturated heterocycles. The number of hydrogen-bond donors (Lipinski definition) is 0. The molecule has 0 amide bonds. The van der Waals surface area contributed by atoms with Crippen molar-refractivity contribution < 1.29 is 18.8 Å². The van der Waals surface area contributed by atoms with Crippen LogP contribution in [0.15, 0.2) is 47.1 Å². The van der Waals surface area contributed by atoms with Crippen molar-refractivity contribution in [3.8, 4) is 28.6 Å². The van der Waals surface area contributed by atoms with E-state index in [1.54, 1.807) is 12.1 Å². The summed E-state index contributed by atoms with van der Waals surface area (Å²) >= 11 is 6.38. The number of rotatable bonds is 9. The number of halogens is 1. The van der Waals surface area contributed by atoms with Crippen molar-refractivity contribution in [1.82, 2.24) is 14.7 Å². The van der Waals surface area contributed by atoms with Gasteiger partial charge < -0.3 is 18.6 Å². The summed E-state index contributed by atoms with van der Waals surface area (Å²) in [5, 5.41) is 5.73. The Hall–Kier alpha value is -3.32. The van der Waals surface area contributed by atoms with Gasteiger partial charge in [0.2, 0.25) is 5.82 Å². The fraction of sp³-hybridized carbons (Fsp3) is 0.346. The Morgan fingerprint density at radius 3 is 2.71 bits per heavy atom. The third-order valence-corrected chi connectivity index (χ3v) is 5.76. The monoisotopic (exact) mass is 481 g/mol. The molecular weight excluding hydrogens is 454 g/mol. The number of aromatic nitrogens is 3. The first kappa shape index (κ1) is 23.8. The van der Waals surface area contributed by atoms with Crippen LogP contribution in [-0.4, -0.2) is 33.4 Å². The van der Waals surface area contributed by atoms with E-state index in [0.717, 1.165) is 28.6 Å². The van der Waals surface area contributed by atoms with Crippen LogP contribution in [0.1, 0.15) is 39.7 Å². The van der Waals surface area contributed by atoms with Gasteiger partial charge >= 0.3 is 5.97 Å². The Balaban J connectivity index is 1.66. The Morgan fingerprint density at radius 2 is 2.00 bits per heavy atom. The van der Waals surface area contributed by atoms with Gasteiger partial charge in [-0.05, 0) is 63.9 Å². The number of aryl methyl sites for hydroxylation is 2. The van der Waals surface area contributed by atoms with Gasteiger partial charge in [-0.3, -0.25) is 4.79 Å². The molecule has 0 radical (unpaired) electrons. The molecule has 0 spiro atoms. The second kappa shape index (κ2) is 10.3. The third kappa shape index (κ3) is 4.94. The zero-order valence-corrected chi connectivity index (χ0v) is 20.6. The summed E-state index contributed by atoms with van der Waals surface area (Å²) < 4.78 is 18.5. The molecule has 2 heterocycles. The second-order valence-corrected chi connectivity index (χ2v) is 8.58. The topological polar surface area (TPSA) is 79.4 Å².